The van der Waals surface area contributed by atoms with Crippen molar-refractivity contribution in [2.45, 2.75) is 0 Å². The minimum Gasteiger partial charge on any atom is -0.467 e. The molecule has 2 aromatic carbocycles. The third-order valence-corrected chi connectivity index (χ3v) is 5.36. The molecule has 38 heavy (non-hydrogen) atoms. The van der Waals surface area contributed by atoms with E-state index in [0.29, 0.717) is 11.5 Å². The Hall–Kier alpha value is -4.79. The van der Waals surface area contributed by atoms with Gasteiger partial charge in [-0.15, -0.1) is 29.9 Å². The van der Waals surface area contributed by atoms with Crippen LogP contribution in [0, 0.1) is 0 Å². The third-order valence-electron chi connectivity index (χ3n) is 4.46. The van der Waals surface area contributed by atoms with Gasteiger partial charge in [-0.1, -0.05) is 6.07 Å². The van der Waals surface area contributed by atoms with E-state index in [1.807, 2.05) is 0 Å². The molecule has 1 unspecified atom stereocenters. The number of hydrogen-bond donors (Lipinski definition) is 1. The van der Waals surface area contributed by atoms with Crippen LogP contribution in [-0.2, 0) is 9.09 Å². The zero-order valence-corrected chi connectivity index (χ0v) is 20.7. The van der Waals surface area contributed by atoms with Crippen molar-refractivity contribution in [1.82, 2.24) is 29.9 Å². The molecule has 1 atom stereocenters. The summed E-state index contributed by atoms with van der Waals surface area (Å²) in [4.78, 5) is 34.3. The molecule has 0 aliphatic carbocycles. The lowest BCUT2D eigenvalue weighted by Crippen LogP contribution is -2.03. The number of aromatic nitrogens is 6. The zero-order chi connectivity index (χ0) is 26.7. The van der Waals surface area contributed by atoms with E-state index in [-0.39, 0.29) is 53.3 Å². The van der Waals surface area contributed by atoms with Gasteiger partial charge in [0, 0.05) is 31.4 Å². The molecular formula is C21H17N6O10P. The summed E-state index contributed by atoms with van der Waals surface area (Å²) in [5.74, 6) is 0.444. The first-order valence-electron chi connectivity index (χ1n) is 10.5. The molecule has 16 nitrogen and oxygen atoms in total. The molecule has 1 aliphatic rings. The second-order valence-corrected chi connectivity index (χ2v) is 8.52. The fourth-order valence-electron chi connectivity index (χ4n) is 2.92. The monoisotopic (exact) mass is 544 g/mol. The van der Waals surface area contributed by atoms with Gasteiger partial charge in [-0.3, -0.25) is 9.42 Å². The van der Waals surface area contributed by atoms with E-state index in [1.54, 1.807) is 18.2 Å². The number of phosphoric acid groups is 1. The van der Waals surface area contributed by atoms with Gasteiger partial charge < -0.3 is 32.9 Å². The summed E-state index contributed by atoms with van der Waals surface area (Å²) in [6.07, 6.45) is 0. The summed E-state index contributed by atoms with van der Waals surface area (Å²) in [5, 5.41) is 0. The Bertz CT molecular complexity index is 1450. The smallest absolute Gasteiger partial charge is 0.467 e. The summed E-state index contributed by atoms with van der Waals surface area (Å²) in [6.45, 7) is 0. The molecule has 196 valence electrons. The molecule has 0 spiro atoms. The zero-order valence-electron chi connectivity index (χ0n) is 19.8. The average Bonchev–Trinajstić information content (AvgIpc) is 2.87. The minimum atomic E-state index is -4.45. The SMILES string of the molecule is COc1nc2nc(n1)Oc1cc(cc(OP(=O)(O)OC)c1)Oc1nc(OC)nc(n1)Oc1cccc(c1)O2. The summed E-state index contributed by atoms with van der Waals surface area (Å²) in [5.41, 5.74) is 0. The van der Waals surface area contributed by atoms with Crippen molar-refractivity contribution in [2.24, 2.45) is 0 Å². The Morgan fingerprint density at radius 3 is 1.50 bits per heavy atom. The number of ether oxygens (including phenoxy) is 6. The number of benzene rings is 2. The van der Waals surface area contributed by atoms with Crippen LogP contribution in [0.15, 0.2) is 42.5 Å². The molecule has 5 rings (SSSR count). The van der Waals surface area contributed by atoms with Gasteiger partial charge >= 0.3 is 43.9 Å². The molecule has 0 amide bonds. The summed E-state index contributed by atoms with van der Waals surface area (Å²) in [6, 6.07) is 9.34. The van der Waals surface area contributed by atoms with Crippen molar-refractivity contribution in [3.63, 3.8) is 0 Å². The first-order valence-corrected chi connectivity index (χ1v) is 11.9. The number of fused-ring (bicyclic) bond motifs is 8. The minimum absolute atomic E-state index is 0.0133. The molecule has 17 heteroatoms. The van der Waals surface area contributed by atoms with Crippen LogP contribution in [0.2, 0.25) is 0 Å². The van der Waals surface area contributed by atoms with E-state index in [1.165, 1.54) is 38.5 Å². The van der Waals surface area contributed by atoms with Crippen molar-refractivity contribution in [3.05, 3.63) is 42.5 Å². The molecule has 2 aromatic heterocycles. The number of hydrogen-bond acceptors (Lipinski definition) is 15. The van der Waals surface area contributed by atoms with Crippen molar-refractivity contribution in [2.75, 3.05) is 21.3 Å². The Balaban J connectivity index is 1.65. The van der Waals surface area contributed by atoms with E-state index in [0.717, 1.165) is 7.11 Å². The van der Waals surface area contributed by atoms with E-state index in [2.05, 4.69) is 34.4 Å². The average molecular weight is 544 g/mol. The summed E-state index contributed by atoms with van der Waals surface area (Å²) in [7, 11) is -0.743. The molecule has 8 bridgehead atoms. The predicted octanol–water partition coefficient (Wildman–Crippen LogP) is 3.68. The molecule has 1 N–H and O–H groups in total. The van der Waals surface area contributed by atoms with E-state index in [9.17, 15) is 9.46 Å². The first kappa shape index (κ1) is 24.9. The second kappa shape index (κ2) is 10.3. The van der Waals surface area contributed by atoms with Gasteiger partial charge in [0.25, 0.3) is 0 Å². The van der Waals surface area contributed by atoms with Gasteiger partial charge in [0.05, 0.1) is 14.2 Å². The van der Waals surface area contributed by atoms with Gasteiger partial charge in [-0.05, 0) is 12.1 Å². The highest BCUT2D eigenvalue weighted by molar-refractivity contribution is 7.47. The topological polar surface area (TPSA) is 188 Å². The van der Waals surface area contributed by atoms with E-state index in [4.69, 9.17) is 32.9 Å². The number of nitrogens with zero attached hydrogens (tertiary/aromatic N) is 6. The Labute approximate surface area is 213 Å². The molecular weight excluding hydrogens is 527 g/mol. The Morgan fingerprint density at radius 2 is 1.08 bits per heavy atom. The lowest BCUT2D eigenvalue weighted by atomic mass is 10.3. The van der Waals surface area contributed by atoms with Crippen LogP contribution in [0.5, 0.6) is 64.8 Å². The molecule has 0 fully saturated rings. The maximum atomic E-state index is 12.0. The fraction of sp³-hybridized carbons (Fsp3) is 0.143. The van der Waals surface area contributed by atoms with Crippen LogP contribution < -0.4 is 32.9 Å². The molecule has 3 heterocycles. The van der Waals surface area contributed by atoms with Crippen LogP contribution in [-0.4, -0.2) is 56.1 Å². The van der Waals surface area contributed by atoms with Gasteiger partial charge in [0.1, 0.15) is 28.7 Å². The summed E-state index contributed by atoms with van der Waals surface area (Å²) < 4.78 is 54.8. The van der Waals surface area contributed by atoms with Crippen LogP contribution in [0.25, 0.3) is 0 Å². The number of rotatable bonds is 5. The normalized spacial score (nSPS) is 13.5. The number of methoxy groups -OCH3 is 2. The molecule has 0 saturated heterocycles. The van der Waals surface area contributed by atoms with Gasteiger partial charge in [0.2, 0.25) is 0 Å². The van der Waals surface area contributed by atoms with Crippen LogP contribution in [0.3, 0.4) is 0 Å². The highest BCUT2D eigenvalue weighted by atomic mass is 31.2. The second-order valence-electron chi connectivity index (χ2n) is 7.04. The standard InChI is InChI=1S/C21H17N6O10P/c1-30-16-22-18-26-20(24-16)35-13-8-14(10-15(9-13)37-38(28,29)32-3)36-21-25-17(31-2)23-19(27-21)34-12-6-4-5-11(7-12)33-18/h4-10H,1-3H3,(H,28,29). The lowest BCUT2D eigenvalue weighted by molar-refractivity contribution is 0.242. The van der Waals surface area contributed by atoms with Crippen molar-refractivity contribution < 1.29 is 46.9 Å². The van der Waals surface area contributed by atoms with Crippen LogP contribution in [0.1, 0.15) is 0 Å². The molecule has 1 aliphatic heterocycles. The van der Waals surface area contributed by atoms with E-state index < -0.39 is 7.82 Å². The maximum absolute atomic E-state index is 12.0. The largest absolute Gasteiger partial charge is 0.527 e. The maximum Gasteiger partial charge on any atom is 0.527 e. The Morgan fingerprint density at radius 1 is 0.658 bits per heavy atom. The highest BCUT2D eigenvalue weighted by Crippen LogP contribution is 2.45. The fourth-order valence-corrected chi connectivity index (χ4v) is 3.36. The number of phosphoric ester groups is 1. The van der Waals surface area contributed by atoms with Crippen molar-refractivity contribution >= 4 is 7.82 Å². The predicted molar refractivity (Wildman–Crippen MR) is 123 cm³/mol. The van der Waals surface area contributed by atoms with E-state index >= 15 is 0 Å². The van der Waals surface area contributed by atoms with Gasteiger partial charge in [-0.25, -0.2) is 4.57 Å². The van der Waals surface area contributed by atoms with Crippen molar-refractivity contribution in [1.29, 1.82) is 0 Å². The van der Waals surface area contributed by atoms with Gasteiger partial charge in [0.15, 0.2) is 0 Å². The third kappa shape index (κ3) is 5.95. The Kier molecular flexibility index (Phi) is 6.74. The van der Waals surface area contributed by atoms with Gasteiger partial charge in [-0.2, -0.15) is 0 Å². The van der Waals surface area contributed by atoms with Crippen LogP contribution >= 0.6 is 7.82 Å². The van der Waals surface area contributed by atoms with Crippen LogP contribution in [0.4, 0.5) is 0 Å². The lowest BCUT2D eigenvalue weighted by Gasteiger charge is -2.14. The quantitative estimate of drug-likeness (QED) is 0.315. The molecule has 0 radical (unpaired) electrons. The first-order chi connectivity index (χ1) is 18.3. The van der Waals surface area contributed by atoms with Crippen molar-refractivity contribution in [3.8, 4) is 64.8 Å². The summed E-state index contributed by atoms with van der Waals surface area (Å²) >= 11 is 0. The molecule has 0 saturated carbocycles. The molecule has 4 aromatic rings. The highest BCUT2D eigenvalue weighted by Gasteiger charge is 2.23.